The molecule has 0 fully saturated rings. The molecule has 17 heavy (non-hydrogen) atoms. The largest absolute Gasteiger partial charge is 0.480 e. The lowest BCUT2D eigenvalue weighted by molar-refractivity contribution is -0.137. The molecule has 0 saturated heterocycles. The number of alkyl halides is 1. The van der Waals surface area contributed by atoms with E-state index in [9.17, 15) is 9.18 Å². The Bertz CT molecular complexity index is 411. The number of carbonyl (C=O) groups is 1. The van der Waals surface area contributed by atoms with E-state index >= 15 is 0 Å². The number of aliphatic carboxylic acids is 1. The maximum Gasteiger partial charge on any atom is 0.317 e. The fourth-order valence-electron chi connectivity index (χ4n) is 1.54. The van der Waals surface area contributed by atoms with Gasteiger partial charge in [-0.15, -0.1) is 11.6 Å². The Morgan fingerprint density at radius 3 is 2.76 bits per heavy atom. The van der Waals surface area contributed by atoms with E-state index in [0.717, 1.165) is 5.56 Å². The number of hydrogen-bond acceptors (Lipinski definition) is 2. The fraction of sp³-hybridized carbons (Fsp3) is 0.417. The van der Waals surface area contributed by atoms with Crippen LogP contribution in [0.15, 0.2) is 18.2 Å². The van der Waals surface area contributed by atoms with E-state index in [1.54, 1.807) is 31.0 Å². The van der Waals surface area contributed by atoms with E-state index in [1.807, 2.05) is 0 Å². The van der Waals surface area contributed by atoms with Gasteiger partial charge in [0.2, 0.25) is 0 Å². The Balaban J connectivity index is 2.66. The highest BCUT2D eigenvalue weighted by Gasteiger charge is 2.13. The van der Waals surface area contributed by atoms with Crippen molar-refractivity contribution in [1.82, 2.24) is 4.90 Å². The van der Waals surface area contributed by atoms with Crippen molar-refractivity contribution in [2.45, 2.75) is 12.3 Å². The summed E-state index contributed by atoms with van der Waals surface area (Å²) >= 11 is 6.15. The predicted molar refractivity (Wildman–Crippen MR) is 64.9 cm³/mol. The van der Waals surface area contributed by atoms with E-state index in [4.69, 9.17) is 16.7 Å². The van der Waals surface area contributed by atoms with E-state index < -0.39 is 5.97 Å². The third kappa shape index (κ3) is 4.32. The molecule has 0 spiro atoms. The van der Waals surface area contributed by atoms with Crippen LogP contribution in [0.1, 0.15) is 16.5 Å². The Morgan fingerprint density at radius 2 is 2.24 bits per heavy atom. The van der Waals surface area contributed by atoms with Gasteiger partial charge >= 0.3 is 5.97 Å². The summed E-state index contributed by atoms with van der Waals surface area (Å²) in [6.45, 7) is 2.01. The van der Waals surface area contributed by atoms with E-state index in [0.29, 0.717) is 12.1 Å². The van der Waals surface area contributed by atoms with Crippen LogP contribution in [0.3, 0.4) is 0 Å². The van der Waals surface area contributed by atoms with E-state index in [1.165, 1.54) is 6.07 Å². The first-order valence-electron chi connectivity index (χ1n) is 5.20. The monoisotopic (exact) mass is 259 g/mol. The maximum atomic E-state index is 13.1. The highest BCUT2D eigenvalue weighted by atomic mass is 35.5. The topological polar surface area (TPSA) is 40.5 Å². The predicted octanol–water partition coefficient (Wildman–Crippen LogP) is 2.43. The highest BCUT2D eigenvalue weighted by molar-refractivity contribution is 6.21. The van der Waals surface area contributed by atoms with Crippen LogP contribution in [0.4, 0.5) is 4.39 Å². The molecular formula is C12H15ClFNO2. The molecule has 0 amide bonds. The number of hydrogen-bond donors (Lipinski definition) is 1. The lowest BCUT2D eigenvalue weighted by Gasteiger charge is -2.18. The minimum Gasteiger partial charge on any atom is -0.480 e. The van der Waals surface area contributed by atoms with Crippen molar-refractivity contribution in [1.29, 1.82) is 0 Å². The average molecular weight is 260 g/mol. The van der Waals surface area contributed by atoms with Crippen molar-refractivity contribution in [2.24, 2.45) is 0 Å². The van der Waals surface area contributed by atoms with Gasteiger partial charge in [0.25, 0.3) is 0 Å². The summed E-state index contributed by atoms with van der Waals surface area (Å²) in [6.07, 6.45) is 0. The van der Waals surface area contributed by atoms with E-state index in [-0.39, 0.29) is 17.7 Å². The van der Waals surface area contributed by atoms with Crippen LogP contribution < -0.4 is 0 Å². The summed E-state index contributed by atoms with van der Waals surface area (Å²) in [5, 5.41) is 8.27. The van der Waals surface area contributed by atoms with Crippen LogP contribution in [0.25, 0.3) is 0 Å². The maximum absolute atomic E-state index is 13.1. The van der Waals surface area contributed by atoms with Crippen LogP contribution in [0.5, 0.6) is 0 Å². The zero-order valence-electron chi connectivity index (χ0n) is 9.78. The number of likely N-dealkylation sites (N-methyl/N-ethyl adjacent to an activating group) is 1. The molecule has 94 valence electrons. The molecule has 5 heteroatoms. The molecule has 0 bridgehead atoms. The zero-order chi connectivity index (χ0) is 13.0. The molecule has 3 nitrogen and oxygen atoms in total. The first-order chi connectivity index (χ1) is 7.90. The summed E-state index contributed by atoms with van der Waals surface area (Å²) in [5.41, 5.74) is 1.33. The van der Waals surface area contributed by atoms with Gasteiger partial charge < -0.3 is 5.11 Å². The van der Waals surface area contributed by atoms with Crippen molar-refractivity contribution >= 4 is 17.6 Å². The van der Waals surface area contributed by atoms with Gasteiger partial charge in [-0.3, -0.25) is 9.69 Å². The van der Waals surface area contributed by atoms with Crippen molar-refractivity contribution in [3.8, 4) is 0 Å². The number of benzene rings is 1. The minimum atomic E-state index is -0.897. The molecule has 0 aromatic heterocycles. The van der Waals surface area contributed by atoms with Gasteiger partial charge in [-0.1, -0.05) is 12.1 Å². The summed E-state index contributed by atoms with van der Waals surface area (Å²) in [5.74, 6) is -1.16. The normalized spacial score (nSPS) is 12.8. The Labute approximate surface area is 105 Å². The molecule has 0 heterocycles. The lowest BCUT2D eigenvalue weighted by Crippen LogP contribution is -2.28. The number of carboxylic acids is 1. The van der Waals surface area contributed by atoms with E-state index in [2.05, 4.69) is 0 Å². The Kier molecular flexibility index (Phi) is 4.90. The van der Waals surface area contributed by atoms with Crippen LogP contribution in [0, 0.1) is 12.7 Å². The van der Waals surface area contributed by atoms with Crippen LogP contribution in [-0.4, -0.2) is 36.1 Å². The van der Waals surface area contributed by atoms with Gasteiger partial charge in [-0.25, -0.2) is 4.39 Å². The molecule has 1 N–H and O–H groups in total. The summed E-state index contributed by atoms with van der Waals surface area (Å²) < 4.78 is 13.1. The standard InChI is InChI=1S/C12H15ClFNO2/c1-8-5-9(3-4-11(8)14)10(13)6-15(2)7-12(16)17/h3-5,10H,6-7H2,1-2H3,(H,16,17). The second-order valence-electron chi connectivity index (χ2n) is 4.07. The fourth-order valence-corrected chi connectivity index (χ4v) is 1.91. The first-order valence-corrected chi connectivity index (χ1v) is 5.64. The van der Waals surface area contributed by atoms with Crippen LogP contribution >= 0.6 is 11.6 Å². The first kappa shape index (κ1) is 13.9. The SMILES string of the molecule is Cc1cc(C(Cl)CN(C)CC(=O)O)ccc1F. The van der Waals surface area contributed by atoms with Gasteiger partial charge in [0, 0.05) is 6.54 Å². The van der Waals surface area contributed by atoms with Crippen molar-refractivity contribution in [2.75, 3.05) is 20.1 Å². The number of carboxylic acid groups (broad SMARTS) is 1. The van der Waals surface area contributed by atoms with Gasteiger partial charge in [0.05, 0.1) is 11.9 Å². The lowest BCUT2D eigenvalue weighted by atomic mass is 10.1. The molecule has 1 atom stereocenters. The van der Waals surface area contributed by atoms with Crippen LogP contribution in [0.2, 0.25) is 0 Å². The molecule has 1 unspecified atom stereocenters. The third-order valence-electron chi connectivity index (χ3n) is 2.42. The van der Waals surface area contributed by atoms with Crippen molar-refractivity contribution in [3.63, 3.8) is 0 Å². The molecule has 1 aromatic rings. The number of halogens is 2. The highest BCUT2D eigenvalue weighted by Crippen LogP contribution is 2.23. The number of rotatable bonds is 5. The van der Waals surface area contributed by atoms with Gasteiger partial charge in [0.1, 0.15) is 5.82 Å². The number of nitrogens with zero attached hydrogens (tertiary/aromatic N) is 1. The van der Waals surface area contributed by atoms with Crippen molar-refractivity contribution < 1.29 is 14.3 Å². The molecule has 0 aliphatic carbocycles. The number of aryl methyl sites for hydroxylation is 1. The average Bonchev–Trinajstić information content (AvgIpc) is 2.20. The third-order valence-corrected chi connectivity index (χ3v) is 2.81. The molecular weight excluding hydrogens is 245 g/mol. The molecule has 0 aliphatic heterocycles. The Hall–Kier alpha value is -1.13. The molecule has 0 radical (unpaired) electrons. The minimum absolute atomic E-state index is 0.0661. The smallest absolute Gasteiger partial charge is 0.317 e. The van der Waals surface area contributed by atoms with Crippen LogP contribution in [-0.2, 0) is 4.79 Å². The molecule has 1 rings (SSSR count). The van der Waals surface area contributed by atoms with Gasteiger partial charge in [-0.05, 0) is 31.2 Å². The van der Waals surface area contributed by atoms with Gasteiger partial charge in [-0.2, -0.15) is 0 Å². The second-order valence-corrected chi connectivity index (χ2v) is 4.59. The quantitative estimate of drug-likeness (QED) is 0.826. The molecule has 0 saturated carbocycles. The summed E-state index contributed by atoms with van der Waals surface area (Å²) in [6, 6.07) is 4.67. The molecule has 0 aliphatic rings. The summed E-state index contributed by atoms with van der Waals surface area (Å²) in [4.78, 5) is 12.1. The second kappa shape index (κ2) is 5.98. The molecule has 1 aromatic carbocycles. The van der Waals surface area contributed by atoms with Crippen molar-refractivity contribution in [3.05, 3.63) is 35.1 Å². The van der Waals surface area contributed by atoms with Gasteiger partial charge in [0.15, 0.2) is 0 Å². The summed E-state index contributed by atoms with van der Waals surface area (Å²) in [7, 11) is 1.68. The Morgan fingerprint density at radius 1 is 1.59 bits per heavy atom. The zero-order valence-corrected chi connectivity index (χ0v) is 10.5.